The first-order valence-electron chi connectivity index (χ1n) is 11.3. The highest BCUT2D eigenvalue weighted by atomic mass is 16.5. The van der Waals surface area contributed by atoms with Crippen molar-refractivity contribution in [2.45, 2.75) is 48.5 Å². The van der Waals surface area contributed by atoms with E-state index in [9.17, 15) is 4.79 Å². The summed E-state index contributed by atoms with van der Waals surface area (Å²) in [6, 6.07) is 27.0. The molecule has 3 aromatic rings. The van der Waals surface area contributed by atoms with Crippen LogP contribution in [0.15, 0.2) is 84.9 Å². The van der Waals surface area contributed by atoms with Gasteiger partial charge in [0.05, 0.1) is 5.41 Å². The minimum absolute atomic E-state index is 0.181. The van der Waals surface area contributed by atoms with Crippen LogP contribution in [0.25, 0.3) is 0 Å². The Morgan fingerprint density at radius 2 is 1.42 bits per heavy atom. The third kappa shape index (κ3) is 1.85. The fourth-order valence-corrected chi connectivity index (χ4v) is 7.69. The fraction of sp³-hybridized carbons (Fsp3) is 0.276. The van der Waals surface area contributed by atoms with Gasteiger partial charge in [-0.05, 0) is 46.2 Å². The molecule has 5 aliphatic carbocycles. The number of carbonyl (C=O) groups excluding carboxylic acids is 1. The van der Waals surface area contributed by atoms with E-state index in [0.29, 0.717) is 5.92 Å². The van der Waals surface area contributed by atoms with Gasteiger partial charge in [0.15, 0.2) is 0 Å². The maximum atomic E-state index is 12.3. The number of hydrogen-bond donors (Lipinski definition) is 0. The first-order valence-corrected chi connectivity index (χ1v) is 11.3. The third-order valence-corrected chi connectivity index (χ3v) is 8.51. The molecule has 1 saturated carbocycles. The van der Waals surface area contributed by atoms with Crippen LogP contribution in [0.5, 0.6) is 0 Å². The van der Waals surface area contributed by atoms with Crippen molar-refractivity contribution in [3.63, 3.8) is 0 Å². The van der Waals surface area contributed by atoms with Crippen LogP contribution in [0.1, 0.15) is 65.0 Å². The third-order valence-electron chi connectivity index (χ3n) is 8.51. The monoisotopic (exact) mass is 404 g/mol. The predicted octanol–water partition coefficient (Wildman–Crippen LogP) is 5.75. The normalized spacial score (nSPS) is 33.0. The van der Waals surface area contributed by atoms with Crippen LogP contribution in [0.2, 0.25) is 0 Å². The van der Waals surface area contributed by atoms with Crippen molar-refractivity contribution in [3.05, 3.63) is 118 Å². The SMILES string of the molecule is CC(=O)O[C@H]1CCC23c4ccccc4C(c4ccccc42)[C@@H]2C=C[C@]13c1ccccc12. The maximum absolute atomic E-state index is 12.3. The van der Waals surface area contributed by atoms with Crippen LogP contribution in [0.3, 0.4) is 0 Å². The fourth-order valence-electron chi connectivity index (χ4n) is 7.69. The van der Waals surface area contributed by atoms with E-state index in [-0.39, 0.29) is 23.4 Å². The average Bonchev–Trinajstić information content (AvgIpc) is 3.06. The van der Waals surface area contributed by atoms with Crippen molar-refractivity contribution in [1.29, 1.82) is 0 Å². The maximum Gasteiger partial charge on any atom is 0.302 e. The lowest BCUT2D eigenvalue weighted by molar-refractivity contribution is -0.148. The zero-order valence-corrected chi connectivity index (χ0v) is 17.5. The highest BCUT2D eigenvalue weighted by Gasteiger charge is 2.68. The van der Waals surface area contributed by atoms with Gasteiger partial charge in [-0.15, -0.1) is 0 Å². The molecule has 2 heteroatoms. The molecule has 31 heavy (non-hydrogen) atoms. The molecule has 0 heterocycles. The van der Waals surface area contributed by atoms with Gasteiger partial charge < -0.3 is 4.74 Å². The van der Waals surface area contributed by atoms with Crippen molar-refractivity contribution in [2.75, 3.05) is 0 Å². The van der Waals surface area contributed by atoms with Crippen molar-refractivity contribution in [1.82, 2.24) is 0 Å². The summed E-state index contributed by atoms with van der Waals surface area (Å²) in [7, 11) is 0. The van der Waals surface area contributed by atoms with E-state index < -0.39 is 5.41 Å². The van der Waals surface area contributed by atoms with Gasteiger partial charge in [0.1, 0.15) is 6.10 Å². The van der Waals surface area contributed by atoms with Crippen LogP contribution in [0.4, 0.5) is 0 Å². The number of ether oxygens (including phenoxy) is 1. The Hall–Kier alpha value is -3.13. The lowest BCUT2D eigenvalue weighted by Crippen LogP contribution is -2.56. The van der Waals surface area contributed by atoms with E-state index in [4.69, 9.17) is 4.74 Å². The van der Waals surface area contributed by atoms with E-state index in [1.54, 1.807) is 6.92 Å². The molecule has 0 aliphatic heterocycles. The molecule has 4 bridgehead atoms. The topological polar surface area (TPSA) is 26.3 Å². The Morgan fingerprint density at radius 1 is 0.839 bits per heavy atom. The van der Waals surface area contributed by atoms with Gasteiger partial charge in [-0.1, -0.05) is 84.9 Å². The standard InChI is InChI=1S/C29H24O2/c1-18(30)31-26-15-17-28-24-12-6-3-9-21(24)27(22-10-4-7-13-25(22)28)20-14-16-29(26,28)23-11-5-2-8-19(20)23/h2-14,16,20,26-27H,15,17H2,1H3/t20-,26+,27?,28?,29+/m1/s1. The van der Waals surface area contributed by atoms with Gasteiger partial charge in [-0.3, -0.25) is 4.79 Å². The molecule has 0 amide bonds. The van der Waals surface area contributed by atoms with E-state index in [1.807, 2.05) is 0 Å². The first-order chi connectivity index (χ1) is 15.2. The Labute approximate surface area is 182 Å². The minimum atomic E-state index is -0.399. The van der Waals surface area contributed by atoms with Crippen molar-refractivity contribution >= 4 is 5.97 Å². The second-order valence-electron chi connectivity index (χ2n) is 9.54. The van der Waals surface area contributed by atoms with Crippen molar-refractivity contribution in [2.24, 2.45) is 0 Å². The molecule has 0 saturated heterocycles. The highest BCUT2D eigenvalue weighted by Crippen LogP contribution is 2.70. The molecular formula is C29H24O2. The summed E-state index contributed by atoms with van der Waals surface area (Å²) in [5.74, 6) is 0.393. The molecule has 8 rings (SSSR count). The van der Waals surface area contributed by atoms with E-state index in [2.05, 4.69) is 84.9 Å². The average molecular weight is 405 g/mol. The van der Waals surface area contributed by atoms with Crippen LogP contribution >= 0.6 is 0 Å². The summed E-state index contributed by atoms with van der Waals surface area (Å²) < 4.78 is 6.14. The summed E-state index contributed by atoms with van der Waals surface area (Å²) in [5, 5.41) is 0. The van der Waals surface area contributed by atoms with Crippen molar-refractivity contribution < 1.29 is 9.53 Å². The lowest BCUT2D eigenvalue weighted by Gasteiger charge is -2.58. The molecule has 152 valence electrons. The van der Waals surface area contributed by atoms with Gasteiger partial charge in [0.25, 0.3) is 0 Å². The molecule has 2 nitrogen and oxygen atoms in total. The largest absolute Gasteiger partial charge is 0.461 e. The molecule has 0 aromatic heterocycles. The Balaban J connectivity index is 1.69. The highest BCUT2D eigenvalue weighted by molar-refractivity contribution is 5.72. The van der Waals surface area contributed by atoms with Gasteiger partial charge in [0, 0.05) is 24.2 Å². The number of rotatable bonds is 1. The van der Waals surface area contributed by atoms with E-state index in [1.165, 1.54) is 33.4 Å². The number of benzene rings is 3. The predicted molar refractivity (Wildman–Crippen MR) is 120 cm³/mol. The molecule has 0 unspecified atom stereocenters. The lowest BCUT2D eigenvalue weighted by atomic mass is 9.45. The molecule has 3 aromatic carbocycles. The second kappa shape index (κ2) is 5.76. The quantitative estimate of drug-likeness (QED) is 0.381. The Kier molecular flexibility index (Phi) is 3.26. The van der Waals surface area contributed by atoms with Gasteiger partial charge in [-0.25, -0.2) is 0 Å². The summed E-state index contributed by atoms with van der Waals surface area (Å²) >= 11 is 0. The van der Waals surface area contributed by atoms with Gasteiger partial charge in [-0.2, -0.15) is 0 Å². The molecule has 0 radical (unpaired) electrons. The summed E-state index contributed by atoms with van der Waals surface area (Å²) in [6.07, 6.45) is 6.50. The van der Waals surface area contributed by atoms with Crippen LogP contribution in [-0.2, 0) is 20.4 Å². The smallest absolute Gasteiger partial charge is 0.302 e. The Morgan fingerprint density at radius 3 is 2.06 bits per heavy atom. The molecule has 5 aliphatic rings. The molecular weight excluding hydrogens is 380 g/mol. The Bertz CT molecular complexity index is 1240. The molecule has 2 spiro atoms. The van der Waals surface area contributed by atoms with E-state index >= 15 is 0 Å². The van der Waals surface area contributed by atoms with Gasteiger partial charge >= 0.3 is 5.97 Å². The summed E-state index contributed by atoms with van der Waals surface area (Å²) in [6.45, 7) is 1.55. The zero-order chi connectivity index (χ0) is 20.8. The molecule has 3 atom stereocenters. The minimum Gasteiger partial charge on any atom is -0.461 e. The number of esters is 1. The number of allylic oxidation sites excluding steroid dienone is 1. The summed E-state index contributed by atoms with van der Waals surface area (Å²) in [5.41, 5.74) is 7.84. The number of carbonyl (C=O) groups is 1. The van der Waals surface area contributed by atoms with Gasteiger partial charge in [0.2, 0.25) is 0 Å². The van der Waals surface area contributed by atoms with Crippen LogP contribution in [0, 0.1) is 0 Å². The molecule has 1 fully saturated rings. The number of hydrogen-bond acceptors (Lipinski definition) is 2. The second-order valence-corrected chi connectivity index (χ2v) is 9.54. The van der Waals surface area contributed by atoms with Crippen molar-refractivity contribution in [3.8, 4) is 0 Å². The van der Waals surface area contributed by atoms with Crippen LogP contribution in [-0.4, -0.2) is 12.1 Å². The first kappa shape index (κ1) is 17.5. The molecule has 0 N–H and O–H groups in total. The van der Waals surface area contributed by atoms with E-state index in [0.717, 1.165) is 12.8 Å². The summed E-state index contributed by atoms with van der Waals surface area (Å²) in [4.78, 5) is 12.3. The van der Waals surface area contributed by atoms with Crippen LogP contribution < -0.4 is 0 Å². The zero-order valence-electron chi connectivity index (χ0n) is 17.5.